The monoisotopic (exact) mass is 457 g/mol. The number of aromatic nitrogens is 2. The Morgan fingerprint density at radius 2 is 1.82 bits per heavy atom. The van der Waals surface area contributed by atoms with Crippen molar-refractivity contribution in [3.63, 3.8) is 0 Å². The first-order chi connectivity index (χ1) is 16.1. The van der Waals surface area contributed by atoms with E-state index >= 15 is 0 Å². The summed E-state index contributed by atoms with van der Waals surface area (Å²) < 4.78 is 1.71. The fourth-order valence-electron chi connectivity index (χ4n) is 4.10. The van der Waals surface area contributed by atoms with Gasteiger partial charge in [-0.15, -0.1) is 11.8 Å². The van der Waals surface area contributed by atoms with Gasteiger partial charge in [-0.2, -0.15) is 4.98 Å². The molecule has 5 rings (SSSR count). The highest BCUT2D eigenvalue weighted by Crippen LogP contribution is 2.29. The van der Waals surface area contributed by atoms with Crippen LogP contribution in [0.15, 0.2) is 82.5 Å². The molecule has 0 saturated carbocycles. The second kappa shape index (κ2) is 8.99. The summed E-state index contributed by atoms with van der Waals surface area (Å²) in [6.45, 7) is 1.27. The number of para-hydroxylation sites is 1. The molecule has 4 aromatic rings. The van der Waals surface area contributed by atoms with Gasteiger partial charge in [0.05, 0.1) is 5.52 Å². The lowest BCUT2D eigenvalue weighted by molar-refractivity contribution is 0.262. The zero-order valence-electron chi connectivity index (χ0n) is 18.0. The molecule has 0 radical (unpaired) electrons. The Kier molecular flexibility index (Phi) is 5.75. The molecule has 166 valence electrons. The minimum atomic E-state index is -0.293. The van der Waals surface area contributed by atoms with E-state index in [4.69, 9.17) is 0 Å². The van der Waals surface area contributed by atoms with Crippen LogP contribution in [0.5, 0.6) is 0 Å². The summed E-state index contributed by atoms with van der Waals surface area (Å²) in [7, 11) is 0. The molecule has 0 aliphatic carbocycles. The topological polar surface area (TPSA) is 88.1 Å². The molecule has 1 aromatic heterocycles. The van der Waals surface area contributed by atoms with Gasteiger partial charge in [-0.1, -0.05) is 30.3 Å². The molecule has 0 saturated heterocycles. The number of thioether (sulfide) groups is 1. The van der Waals surface area contributed by atoms with Gasteiger partial charge in [-0.05, 0) is 54.3 Å². The molecule has 33 heavy (non-hydrogen) atoms. The molecule has 2 amide bonds. The van der Waals surface area contributed by atoms with E-state index < -0.39 is 0 Å². The van der Waals surface area contributed by atoms with E-state index in [1.165, 1.54) is 0 Å². The average Bonchev–Trinajstić information content (AvgIpc) is 2.84. The predicted molar refractivity (Wildman–Crippen MR) is 135 cm³/mol. The summed E-state index contributed by atoms with van der Waals surface area (Å²) in [5.41, 5.74) is 2.99. The summed E-state index contributed by atoms with van der Waals surface area (Å²) in [6, 6.07) is 22.8. The first-order valence-electron chi connectivity index (χ1n) is 10.7. The lowest BCUT2D eigenvalue weighted by Crippen LogP contribution is -2.35. The van der Waals surface area contributed by atoms with Gasteiger partial charge in [0.25, 0.3) is 0 Å². The second-order valence-electron chi connectivity index (χ2n) is 7.88. The summed E-state index contributed by atoms with van der Waals surface area (Å²) in [5, 5.41) is 10.1. The van der Waals surface area contributed by atoms with Crippen LogP contribution in [0, 0.1) is 0 Å². The summed E-state index contributed by atoms with van der Waals surface area (Å²) >= 11 is 1.62. The molecule has 1 aliphatic rings. The van der Waals surface area contributed by atoms with Crippen LogP contribution in [-0.4, -0.2) is 28.4 Å². The van der Waals surface area contributed by atoms with Crippen molar-refractivity contribution in [3.8, 4) is 0 Å². The van der Waals surface area contributed by atoms with Crippen LogP contribution < -0.4 is 21.6 Å². The number of benzene rings is 3. The van der Waals surface area contributed by atoms with E-state index in [0.29, 0.717) is 24.3 Å². The van der Waals surface area contributed by atoms with Crippen molar-refractivity contribution in [2.45, 2.75) is 17.4 Å². The van der Waals surface area contributed by atoms with Gasteiger partial charge in [0, 0.05) is 40.7 Å². The number of carbonyl (C=O) groups is 1. The van der Waals surface area contributed by atoms with Gasteiger partial charge in [0.2, 0.25) is 0 Å². The van der Waals surface area contributed by atoms with Crippen LogP contribution in [0.1, 0.15) is 11.5 Å². The molecule has 7 nitrogen and oxygen atoms in total. The maximum Gasteiger partial charge on any atom is 0.349 e. The normalized spacial score (nSPS) is 14.9. The third-order valence-electron chi connectivity index (χ3n) is 5.76. The molecule has 8 heteroatoms. The molecule has 0 fully saturated rings. The van der Waals surface area contributed by atoms with E-state index in [1.807, 2.05) is 79.1 Å². The van der Waals surface area contributed by atoms with Gasteiger partial charge < -0.3 is 16.0 Å². The Balaban J connectivity index is 1.28. The molecular weight excluding hydrogens is 434 g/mol. The van der Waals surface area contributed by atoms with Gasteiger partial charge in [-0.25, -0.2) is 9.59 Å². The van der Waals surface area contributed by atoms with E-state index in [0.717, 1.165) is 27.4 Å². The summed E-state index contributed by atoms with van der Waals surface area (Å²) in [4.78, 5) is 30.2. The van der Waals surface area contributed by atoms with Crippen LogP contribution in [-0.2, 0) is 6.54 Å². The summed E-state index contributed by atoms with van der Waals surface area (Å²) in [6.07, 6.45) is 2.00. The number of nitrogens with zero attached hydrogens (tertiary/aromatic N) is 2. The zero-order chi connectivity index (χ0) is 22.8. The molecule has 3 aromatic carbocycles. The van der Waals surface area contributed by atoms with Crippen LogP contribution >= 0.6 is 11.8 Å². The molecule has 3 N–H and O–H groups in total. The fraction of sp³-hybridized carbons (Fsp3) is 0.160. The van der Waals surface area contributed by atoms with Crippen molar-refractivity contribution in [2.24, 2.45) is 0 Å². The highest BCUT2D eigenvalue weighted by atomic mass is 32.2. The molecule has 0 bridgehead atoms. The van der Waals surface area contributed by atoms with Crippen molar-refractivity contribution in [2.75, 3.05) is 28.8 Å². The van der Waals surface area contributed by atoms with Crippen molar-refractivity contribution in [1.29, 1.82) is 0 Å². The van der Waals surface area contributed by atoms with Gasteiger partial charge in [0.1, 0.15) is 5.82 Å². The predicted octanol–water partition coefficient (Wildman–Crippen LogP) is 4.97. The SMILES string of the molecule is CSc1cccc(NC(=O)Nc2ccc(C3CNc4c5ccccc5nc(=O)n4C3)cc2)c1. The van der Waals surface area contributed by atoms with Crippen LogP contribution in [0.3, 0.4) is 0 Å². The van der Waals surface area contributed by atoms with Crippen molar-refractivity contribution < 1.29 is 4.79 Å². The maximum atomic E-state index is 12.6. The minimum absolute atomic E-state index is 0.121. The molecule has 1 aliphatic heterocycles. The van der Waals surface area contributed by atoms with E-state index in [9.17, 15) is 9.59 Å². The first kappa shape index (κ1) is 21.1. The number of anilines is 3. The summed E-state index contributed by atoms with van der Waals surface area (Å²) in [5.74, 6) is 0.942. The Morgan fingerprint density at radius 1 is 1.03 bits per heavy atom. The van der Waals surface area contributed by atoms with Gasteiger partial charge in [0.15, 0.2) is 0 Å². The van der Waals surface area contributed by atoms with E-state index in [2.05, 4.69) is 20.9 Å². The Bertz CT molecular complexity index is 1380. The minimum Gasteiger partial charge on any atom is -0.370 e. The van der Waals surface area contributed by atoms with Crippen molar-refractivity contribution in [1.82, 2.24) is 9.55 Å². The maximum absolute atomic E-state index is 12.6. The Labute approximate surface area is 195 Å². The smallest absolute Gasteiger partial charge is 0.349 e. The highest BCUT2D eigenvalue weighted by molar-refractivity contribution is 7.98. The van der Waals surface area contributed by atoms with Gasteiger partial charge >= 0.3 is 11.7 Å². The second-order valence-corrected chi connectivity index (χ2v) is 8.76. The first-order valence-corrected chi connectivity index (χ1v) is 11.9. The Hall–Kier alpha value is -3.78. The lowest BCUT2D eigenvalue weighted by atomic mass is 9.97. The number of hydrogen-bond donors (Lipinski definition) is 3. The number of fused-ring (bicyclic) bond motifs is 3. The largest absolute Gasteiger partial charge is 0.370 e. The molecule has 2 heterocycles. The number of amides is 2. The highest BCUT2D eigenvalue weighted by Gasteiger charge is 2.22. The van der Waals surface area contributed by atoms with Crippen LogP contribution in [0.25, 0.3) is 10.9 Å². The quantitative estimate of drug-likeness (QED) is 0.377. The number of rotatable bonds is 4. The molecular formula is C25H23N5O2S. The third kappa shape index (κ3) is 4.42. The van der Waals surface area contributed by atoms with E-state index in [1.54, 1.807) is 16.3 Å². The number of nitrogens with one attached hydrogen (secondary N) is 3. The third-order valence-corrected chi connectivity index (χ3v) is 6.49. The fourth-order valence-corrected chi connectivity index (χ4v) is 4.56. The zero-order valence-corrected chi connectivity index (χ0v) is 18.9. The van der Waals surface area contributed by atoms with E-state index in [-0.39, 0.29) is 17.6 Å². The lowest BCUT2D eigenvalue weighted by Gasteiger charge is -2.28. The number of urea groups is 1. The number of hydrogen-bond acceptors (Lipinski definition) is 5. The van der Waals surface area contributed by atoms with Crippen LogP contribution in [0.2, 0.25) is 0 Å². The van der Waals surface area contributed by atoms with Crippen molar-refractivity contribution >= 4 is 45.9 Å². The Morgan fingerprint density at radius 3 is 2.64 bits per heavy atom. The average molecular weight is 458 g/mol. The van der Waals surface area contributed by atoms with Gasteiger partial charge in [-0.3, -0.25) is 4.57 Å². The van der Waals surface area contributed by atoms with Crippen molar-refractivity contribution in [3.05, 3.63) is 88.8 Å². The van der Waals surface area contributed by atoms with Crippen LogP contribution in [0.4, 0.5) is 22.0 Å². The number of carbonyl (C=O) groups excluding carboxylic acids is 1. The molecule has 0 spiro atoms. The standard InChI is InChI=1S/C25H23N5O2S/c1-33-20-6-4-5-19(13-20)28-24(31)27-18-11-9-16(10-12-18)17-14-26-23-21-7-2-3-8-22(21)29-25(32)30(23)15-17/h2-13,17,26H,14-15H2,1H3,(H2,27,28,31). The molecule has 1 atom stereocenters. The molecule has 1 unspecified atom stereocenters.